The molecule has 2 saturated heterocycles. The largest absolute Gasteiger partial charge is 0.454 e. The number of aliphatic hydroxyl groups is 2. The smallest absolute Gasteiger partial charge is 0.276 e. The van der Waals surface area contributed by atoms with Crippen molar-refractivity contribution >= 4 is 11.5 Å². The Hall–Kier alpha value is -2.49. The number of carbonyl (C=O) groups excluding carboxylic acids is 1. The van der Waals surface area contributed by atoms with E-state index in [9.17, 15) is 15.0 Å². The van der Waals surface area contributed by atoms with E-state index < -0.39 is 17.2 Å². The van der Waals surface area contributed by atoms with E-state index >= 15 is 0 Å². The van der Waals surface area contributed by atoms with Crippen molar-refractivity contribution in [3.63, 3.8) is 0 Å². The number of rotatable bonds is 2. The van der Waals surface area contributed by atoms with Crippen LogP contribution >= 0.6 is 0 Å². The van der Waals surface area contributed by atoms with Crippen LogP contribution in [0.25, 0.3) is 0 Å². The average molecular weight is 469 g/mol. The number of nitrogens with zero attached hydrogens (tertiary/aromatic N) is 1. The van der Waals surface area contributed by atoms with E-state index in [2.05, 4.69) is 24.1 Å². The van der Waals surface area contributed by atoms with Crippen LogP contribution in [-0.2, 0) is 20.9 Å². The molecule has 2 fully saturated rings. The zero-order chi connectivity index (χ0) is 23.9. The van der Waals surface area contributed by atoms with Gasteiger partial charge in [0.2, 0.25) is 11.4 Å². The Kier molecular flexibility index (Phi) is 6.12. The highest BCUT2D eigenvalue weighted by molar-refractivity contribution is 6.13. The fraction of sp³-hybridized carbons (Fsp3) is 0.500. The molecule has 2 aromatic rings. The summed E-state index contributed by atoms with van der Waals surface area (Å²) in [5.41, 5.74) is 0.516. The highest BCUT2D eigenvalue weighted by Crippen LogP contribution is 2.59. The van der Waals surface area contributed by atoms with Gasteiger partial charge in [0, 0.05) is 43.0 Å². The third kappa shape index (κ3) is 3.52. The van der Waals surface area contributed by atoms with E-state index in [1.807, 2.05) is 12.1 Å². The van der Waals surface area contributed by atoms with Gasteiger partial charge in [0.05, 0.1) is 32.0 Å². The molecule has 1 aliphatic carbocycles. The molecule has 0 saturated carbocycles. The number of hydrogen-bond acceptors (Lipinski definition) is 8. The Labute approximate surface area is 199 Å². The monoisotopic (exact) mass is 468 g/mol. The third-order valence-electron chi connectivity index (χ3n) is 6.97. The molecule has 0 spiro atoms. The van der Waals surface area contributed by atoms with Gasteiger partial charge in [-0.3, -0.25) is 4.79 Å². The Bertz CT molecular complexity index is 1070. The van der Waals surface area contributed by atoms with Gasteiger partial charge in [0.1, 0.15) is 5.75 Å². The maximum Gasteiger partial charge on any atom is 0.276 e. The number of carbonyl (C=O) groups is 1. The number of ether oxygens (including phenoxy) is 3. The van der Waals surface area contributed by atoms with Crippen LogP contribution in [0.5, 0.6) is 5.75 Å². The molecule has 2 unspecified atom stereocenters. The van der Waals surface area contributed by atoms with Gasteiger partial charge in [-0.15, -0.1) is 0 Å². The number of fused-ring (bicyclic) bond motifs is 5. The highest BCUT2D eigenvalue weighted by Gasteiger charge is 2.71. The van der Waals surface area contributed by atoms with Crippen LogP contribution in [0.1, 0.15) is 46.8 Å². The summed E-state index contributed by atoms with van der Waals surface area (Å²) >= 11 is 0. The van der Waals surface area contributed by atoms with Crippen molar-refractivity contribution in [3.8, 4) is 5.75 Å². The van der Waals surface area contributed by atoms with Gasteiger partial charge >= 0.3 is 0 Å². The second-order valence-electron chi connectivity index (χ2n) is 9.36. The SMILES string of the molecule is C1COCCN1.CC(C)c1ccc2c(c1)OC1(O)c3cccc(N4CCOCC4)c3C(=O)C21O. The number of nitrogens with one attached hydrogen (secondary N) is 1. The van der Waals surface area contributed by atoms with E-state index in [-0.39, 0.29) is 5.92 Å². The zero-order valence-corrected chi connectivity index (χ0v) is 19.7. The van der Waals surface area contributed by atoms with Gasteiger partial charge in [-0.25, -0.2) is 0 Å². The molecule has 3 heterocycles. The van der Waals surface area contributed by atoms with Crippen LogP contribution in [0.3, 0.4) is 0 Å². The summed E-state index contributed by atoms with van der Waals surface area (Å²) in [6.07, 6.45) is 0. The molecule has 8 nitrogen and oxygen atoms in total. The Morgan fingerprint density at radius 3 is 2.29 bits per heavy atom. The summed E-state index contributed by atoms with van der Waals surface area (Å²) in [5, 5.41) is 26.1. The summed E-state index contributed by atoms with van der Waals surface area (Å²) in [7, 11) is 0. The lowest BCUT2D eigenvalue weighted by atomic mass is 9.86. The molecule has 3 N–H and O–H groups in total. The van der Waals surface area contributed by atoms with Gasteiger partial charge in [-0.1, -0.05) is 38.1 Å². The fourth-order valence-corrected chi connectivity index (χ4v) is 5.05. The summed E-state index contributed by atoms with van der Waals surface area (Å²) in [5.74, 6) is -2.04. The molecular weight excluding hydrogens is 436 g/mol. The lowest BCUT2D eigenvalue weighted by Gasteiger charge is -2.30. The van der Waals surface area contributed by atoms with Gasteiger partial charge in [0.25, 0.3) is 5.79 Å². The van der Waals surface area contributed by atoms with Gasteiger partial charge in [-0.2, -0.15) is 0 Å². The van der Waals surface area contributed by atoms with Crippen LogP contribution in [0.15, 0.2) is 36.4 Å². The Balaban J connectivity index is 0.000000351. The molecule has 0 aromatic heterocycles. The molecule has 4 aliphatic rings. The number of morpholine rings is 2. The number of Topliss-reactive ketones (excluding diaryl/α,β-unsaturated/α-hetero) is 1. The number of benzene rings is 2. The number of hydrogen-bond donors (Lipinski definition) is 3. The first-order chi connectivity index (χ1) is 16.4. The Morgan fingerprint density at radius 1 is 0.971 bits per heavy atom. The van der Waals surface area contributed by atoms with Gasteiger partial charge in [-0.05, 0) is 23.6 Å². The van der Waals surface area contributed by atoms with E-state index in [0.717, 1.165) is 31.9 Å². The second kappa shape index (κ2) is 8.94. The quantitative estimate of drug-likeness (QED) is 0.614. The molecule has 6 rings (SSSR count). The average Bonchev–Trinajstić information content (AvgIpc) is 3.21. The molecular formula is C26H32N2O6. The first-order valence-electron chi connectivity index (χ1n) is 12.0. The maximum absolute atomic E-state index is 13.5. The molecule has 0 radical (unpaired) electrons. The number of ketones is 1. The summed E-state index contributed by atoms with van der Waals surface area (Å²) < 4.78 is 16.3. The van der Waals surface area contributed by atoms with Crippen molar-refractivity contribution < 1.29 is 29.2 Å². The minimum absolute atomic E-state index is 0.259. The standard InChI is InChI=1S/C22H23NO5.C4H9NO/c1-13(2)14-6-7-15-18(12-14)28-22(26)16-4-3-5-17(23-8-10-27-11-9-23)19(16)20(24)21(15,22)25;1-3-6-4-2-5-1/h3-7,12-13,25-26H,8-11H2,1-2H3;5H,1-4H2. The van der Waals surface area contributed by atoms with Crippen LogP contribution in [0.4, 0.5) is 5.69 Å². The lowest BCUT2D eigenvalue weighted by Crippen LogP contribution is -2.48. The Morgan fingerprint density at radius 2 is 1.68 bits per heavy atom. The number of anilines is 1. The van der Waals surface area contributed by atoms with E-state index in [4.69, 9.17) is 14.2 Å². The van der Waals surface area contributed by atoms with Crippen molar-refractivity contribution in [1.29, 1.82) is 0 Å². The fourth-order valence-electron chi connectivity index (χ4n) is 5.05. The molecule has 3 aliphatic heterocycles. The van der Waals surface area contributed by atoms with Crippen molar-refractivity contribution in [1.82, 2.24) is 5.32 Å². The van der Waals surface area contributed by atoms with Crippen LogP contribution < -0.4 is 15.0 Å². The van der Waals surface area contributed by atoms with E-state index in [1.54, 1.807) is 24.3 Å². The van der Waals surface area contributed by atoms with Crippen LogP contribution in [-0.4, -0.2) is 68.6 Å². The molecule has 0 bridgehead atoms. The topological polar surface area (TPSA) is 100 Å². The van der Waals surface area contributed by atoms with E-state index in [0.29, 0.717) is 54.4 Å². The summed E-state index contributed by atoms with van der Waals surface area (Å²) in [6, 6.07) is 10.7. The predicted molar refractivity (Wildman–Crippen MR) is 126 cm³/mol. The van der Waals surface area contributed by atoms with Crippen LogP contribution in [0, 0.1) is 0 Å². The molecule has 34 heavy (non-hydrogen) atoms. The molecule has 0 amide bonds. The molecule has 8 heteroatoms. The minimum atomic E-state index is -2.15. The van der Waals surface area contributed by atoms with Crippen LogP contribution in [0.2, 0.25) is 0 Å². The zero-order valence-electron chi connectivity index (χ0n) is 19.7. The highest BCUT2D eigenvalue weighted by atomic mass is 16.7. The minimum Gasteiger partial charge on any atom is -0.454 e. The maximum atomic E-state index is 13.5. The first kappa shape index (κ1) is 23.3. The molecule has 2 aromatic carbocycles. The second-order valence-corrected chi connectivity index (χ2v) is 9.36. The van der Waals surface area contributed by atoms with Crippen molar-refractivity contribution in [2.45, 2.75) is 31.2 Å². The van der Waals surface area contributed by atoms with Crippen molar-refractivity contribution in [2.24, 2.45) is 0 Å². The first-order valence-corrected chi connectivity index (χ1v) is 12.0. The third-order valence-corrected chi connectivity index (χ3v) is 6.97. The predicted octanol–water partition coefficient (Wildman–Crippen LogP) is 1.87. The van der Waals surface area contributed by atoms with Gasteiger partial charge < -0.3 is 34.6 Å². The van der Waals surface area contributed by atoms with Crippen molar-refractivity contribution in [2.75, 3.05) is 57.5 Å². The lowest BCUT2D eigenvalue weighted by molar-refractivity contribution is -0.224. The molecule has 182 valence electrons. The molecule has 2 atom stereocenters. The summed E-state index contributed by atoms with van der Waals surface area (Å²) in [4.78, 5) is 15.6. The normalized spacial score (nSPS) is 27.4. The summed E-state index contributed by atoms with van der Waals surface area (Å²) in [6.45, 7) is 10.4. The van der Waals surface area contributed by atoms with Gasteiger partial charge in [0.15, 0.2) is 0 Å². The van der Waals surface area contributed by atoms with E-state index in [1.165, 1.54) is 0 Å². The van der Waals surface area contributed by atoms with Crippen molar-refractivity contribution in [3.05, 3.63) is 58.7 Å².